The molecule has 1 heterocycles. The Morgan fingerprint density at radius 2 is 2.00 bits per heavy atom. The second-order valence-electron chi connectivity index (χ2n) is 4.13. The Balaban J connectivity index is 2.07. The molecule has 1 aromatic carbocycles. The van der Waals surface area contributed by atoms with Gasteiger partial charge in [0.1, 0.15) is 5.78 Å². The van der Waals surface area contributed by atoms with Crippen LogP contribution in [0.2, 0.25) is 0 Å². The molecule has 84 valence electrons. The molecular weight excluding hydrogens is 202 g/mol. The zero-order chi connectivity index (χ0) is 11.5. The number of rotatable bonds is 3. The first kappa shape index (κ1) is 10.9. The summed E-state index contributed by atoms with van der Waals surface area (Å²) in [6.45, 7) is 2.27. The first-order chi connectivity index (χ1) is 7.68. The fourth-order valence-electron chi connectivity index (χ4n) is 2.02. The maximum absolute atomic E-state index is 11.9. The average molecular weight is 217 g/mol. The minimum absolute atomic E-state index is 0.0557. The zero-order valence-electron chi connectivity index (χ0n) is 9.40. The molecule has 0 bridgehead atoms. The maximum Gasteiger partial charge on any atom is 0.227 e. The fraction of sp³-hybridized carbons (Fsp3) is 0.385. The molecule has 0 saturated carbocycles. The van der Waals surface area contributed by atoms with Crippen LogP contribution in [0.15, 0.2) is 24.3 Å². The van der Waals surface area contributed by atoms with E-state index in [2.05, 4.69) is 0 Å². The summed E-state index contributed by atoms with van der Waals surface area (Å²) in [6.07, 6.45) is 1.59. The van der Waals surface area contributed by atoms with E-state index in [-0.39, 0.29) is 11.7 Å². The fourth-order valence-corrected chi connectivity index (χ4v) is 2.02. The first-order valence-electron chi connectivity index (χ1n) is 5.56. The van der Waals surface area contributed by atoms with E-state index in [9.17, 15) is 9.59 Å². The summed E-state index contributed by atoms with van der Waals surface area (Å²) in [4.78, 5) is 24.5. The predicted octanol–water partition coefficient (Wildman–Crippen LogP) is 1.94. The van der Waals surface area contributed by atoms with Gasteiger partial charge in [-0.15, -0.1) is 0 Å². The average Bonchev–Trinajstić information content (AvgIpc) is 2.69. The lowest BCUT2D eigenvalue weighted by molar-refractivity contribution is -0.122. The van der Waals surface area contributed by atoms with Gasteiger partial charge in [-0.2, -0.15) is 0 Å². The molecule has 0 atom stereocenters. The van der Waals surface area contributed by atoms with E-state index in [0.29, 0.717) is 12.8 Å². The molecule has 0 aliphatic carbocycles. The summed E-state index contributed by atoms with van der Waals surface area (Å²) in [5.41, 5.74) is 2.23. The second kappa shape index (κ2) is 4.47. The molecule has 0 spiro atoms. The number of para-hydroxylation sites is 1. The highest BCUT2D eigenvalue weighted by Crippen LogP contribution is 2.27. The van der Waals surface area contributed by atoms with E-state index in [4.69, 9.17) is 0 Å². The van der Waals surface area contributed by atoms with Crippen LogP contribution in [0.25, 0.3) is 0 Å². The van der Waals surface area contributed by atoms with Gasteiger partial charge in [-0.05, 0) is 25.0 Å². The third-order valence-corrected chi connectivity index (χ3v) is 2.88. The van der Waals surface area contributed by atoms with Crippen molar-refractivity contribution in [2.75, 3.05) is 11.4 Å². The maximum atomic E-state index is 11.9. The van der Waals surface area contributed by atoms with E-state index in [1.807, 2.05) is 24.3 Å². The summed E-state index contributed by atoms with van der Waals surface area (Å²) < 4.78 is 0. The molecule has 1 aromatic rings. The molecule has 16 heavy (non-hydrogen) atoms. The number of carbonyl (C=O) groups is 2. The highest BCUT2D eigenvalue weighted by atomic mass is 16.2. The lowest BCUT2D eigenvalue weighted by Gasteiger charge is -2.16. The van der Waals surface area contributed by atoms with Crippen LogP contribution in [0.4, 0.5) is 5.69 Å². The Kier molecular flexibility index (Phi) is 3.04. The van der Waals surface area contributed by atoms with Gasteiger partial charge >= 0.3 is 0 Å². The highest BCUT2D eigenvalue weighted by Gasteiger charge is 2.23. The molecule has 1 amide bonds. The number of fused-ring (bicyclic) bond motifs is 1. The van der Waals surface area contributed by atoms with Crippen LogP contribution in [0.3, 0.4) is 0 Å². The standard InChI is InChI=1S/C13H15NO2/c1-10(15)6-7-13(16)14-9-8-11-4-2-3-5-12(11)14/h2-5H,6-9H2,1H3. The van der Waals surface area contributed by atoms with Gasteiger partial charge in [0.15, 0.2) is 0 Å². The van der Waals surface area contributed by atoms with Gasteiger partial charge < -0.3 is 9.69 Å². The minimum atomic E-state index is 0.0557. The summed E-state index contributed by atoms with van der Waals surface area (Å²) in [6, 6.07) is 7.94. The molecule has 2 rings (SSSR count). The number of hydrogen-bond donors (Lipinski definition) is 0. The number of benzene rings is 1. The van der Waals surface area contributed by atoms with Crippen molar-refractivity contribution < 1.29 is 9.59 Å². The van der Waals surface area contributed by atoms with Crippen LogP contribution >= 0.6 is 0 Å². The third-order valence-electron chi connectivity index (χ3n) is 2.88. The summed E-state index contributed by atoms with van der Waals surface area (Å²) in [5, 5.41) is 0. The molecular formula is C13H15NO2. The van der Waals surface area contributed by atoms with Crippen molar-refractivity contribution in [1.82, 2.24) is 0 Å². The lowest BCUT2D eigenvalue weighted by atomic mass is 10.2. The molecule has 3 heteroatoms. The van der Waals surface area contributed by atoms with Crippen LogP contribution in [-0.2, 0) is 16.0 Å². The molecule has 3 nitrogen and oxygen atoms in total. The first-order valence-corrected chi connectivity index (χ1v) is 5.56. The SMILES string of the molecule is CC(=O)CCC(=O)N1CCc2ccccc21. The van der Waals surface area contributed by atoms with Gasteiger partial charge in [0, 0.05) is 25.1 Å². The van der Waals surface area contributed by atoms with Gasteiger partial charge in [-0.3, -0.25) is 4.79 Å². The number of anilines is 1. The van der Waals surface area contributed by atoms with Gasteiger partial charge in [0.2, 0.25) is 5.91 Å². The van der Waals surface area contributed by atoms with E-state index in [0.717, 1.165) is 18.7 Å². The Morgan fingerprint density at radius 1 is 1.25 bits per heavy atom. The van der Waals surface area contributed by atoms with Crippen molar-refractivity contribution in [2.24, 2.45) is 0 Å². The van der Waals surface area contributed by atoms with Crippen LogP contribution < -0.4 is 4.90 Å². The smallest absolute Gasteiger partial charge is 0.227 e. The molecule has 1 aliphatic rings. The van der Waals surface area contributed by atoms with Gasteiger partial charge in [-0.1, -0.05) is 18.2 Å². The monoisotopic (exact) mass is 217 g/mol. The topological polar surface area (TPSA) is 37.4 Å². The van der Waals surface area contributed by atoms with E-state index >= 15 is 0 Å². The van der Waals surface area contributed by atoms with Crippen LogP contribution in [0, 0.1) is 0 Å². The van der Waals surface area contributed by atoms with Crippen LogP contribution in [-0.4, -0.2) is 18.2 Å². The van der Waals surface area contributed by atoms with Crippen molar-refractivity contribution in [2.45, 2.75) is 26.2 Å². The van der Waals surface area contributed by atoms with E-state index < -0.39 is 0 Å². The number of carbonyl (C=O) groups excluding carboxylic acids is 2. The largest absolute Gasteiger partial charge is 0.312 e. The van der Waals surface area contributed by atoms with Crippen LogP contribution in [0.5, 0.6) is 0 Å². The Morgan fingerprint density at radius 3 is 2.75 bits per heavy atom. The van der Waals surface area contributed by atoms with Crippen LogP contribution in [0.1, 0.15) is 25.3 Å². The molecule has 0 saturated heterocycles. The number of nitrogens with zero attached hydrogens (tertiary/aromatic N) is 1. The van der Waals surface area contributed by atoms with Crippen molar-refractivity contribution in [3.63, 3.8) is 0 Å². The highest BCUT2D eigenvalue weighted by molar-refractivity contribution is 5.97. The molecule has 0 N–H and O–H groups in total. The van der Waals surface area contributed by atoms with Gasteiger partial charge in [0.25, 0.3) is 0 Å². The zero-order valence-corrected chi connectivity index (χ0v) is 9.40. The Hall–Kier alpha value is -1.64. The van der Waals surface area contributed by atoms with Gasteiger partial charge in [-0.25, -0.2) is 0 Å². The van der Waals surface area contributed by atoms with Crippen molar-refractivity contribution >= 4 is 17.4 Å². The minimum Gasteiger partial charge on any atom is -0.312 e. The van der Waals surface area contributed by atoms with Crippen molar-refractivity contribution in [3.8, 4) is 0 Å². The molecule has 0 radical (unpaired) electrons. The van der Waals surface area contributed by atoms with E-state index in [1.165, 1.54) is 12.5 Å². The number of amides is 1. The van der Waals surface area contributed by atoms with Crippen molar-refractivity contribution in [1.29, 1.82) is 0 Å². The number of hydrogen-bond acceptors (Lipinski definition) is 2. The summed E-state index contributed by atoms with van der Waals surface area (Å²) in [5.74, 6) is 0.126. The summed E-state index contributed by atoms with van der Waals surface area (Å²) in [7, 11) is 0. The van der Waals surface area contributed by atoms with Crippen molar-refractivity contribution in [3.05, 3.63) is 29.8 Å². The second-order valence-corrected chi connectivity index (χ2v) is 4.13. The molecule has 0 fully saturated rings. The van der Waals surface area contributed by atoms with E-state index in [1.54, 1.807) is 4.90 Å². The molecule has 1 aliphatic heterocycles. The molecule has 0 aromatic heterocycles. The number of ketones is 1. The lowest BCUT2D eigenvalue weighted by Crippen LogP contribution is -2.28. The Bertz CT molecular complexity index is 426. The number of Topliss-reactive ketones (excluding diaryl/α,β-unsaturated/α-hetero) is 1. The quantitative estimate of drug-likeness (QED) is 0.776. The third kappa shape index (κ3) is 2.13. The molecule has 0 unspecified atom stereocenters. The predicted molar refractivity (Wildman–Crippen MR) is 62.4 cm³/mol. The normalized spacial score (nSPS) is 13.7. The summed E-state index contributed by atoms with van der Waals surface area (Å²) >= 11 is 0. The van der Waals surface area contributed by atoms with Gasteiger partial charge in [0.05, 0.1) is 0 Å². The Labute approximate surface area is 95.1 Å².